The largest absolute Gasteiger partial charge is 0.481 e. The van der Waals surface area contributed by atoms with Crippen LogP contribution in [0.15, 0.2) is 57.9 Å². The fourth-order valence-corrected chi connectivity index (χ4v) is 7.29. The molecule has 7 rings (SSSR count). The Labute approximate surface area is 296 Å². The zero-order valence-corrected chi connectivity index (χ0v) is 28.5. The lowest BCUT2D eigenvalue weighted by atomic mass is 9.95. The number of hydrogen-bond donors (Lipinski definition) is 3. The summed E-state index contributed by atoms with van der Waals surface area (Å²) in [4.78, 5) is 24.4. The first-order chi connectivity index (χ1) is 24.2. The van der Waals surface area contributed by atoms with E-state index in [-0.39, 0.29) is 47.2 Å². The van der Waals surface area contributed by atoms with Gasteiger partial charge in [-0.2, -0.15) is 10.2 Å². The maximum atomic E-state index is 13.2. The molecule has 5 aromatic rings. The van der Waals surface area contributed by atoms with Gasteiger partial charge in [0.25, 0.3) is 5.56 Å². The minimum Gasteiger partial charge on any atom is -0.481 e. The van der Waals surface area contributed by atoms with Crippen molar-refractivity contribution in [1.29, 1.82) is 5.26 Å². The van der Waals surface area contributed by atoms with Crippen LogP contribution in [0, 0.1) is 11.3 Å². The first-order valence-electron chi connectivity index (χ1n) is 16.1. The Kier molecular flexibility index (Phi) is 9.54. The number of oxazole rings is 1. The number of aliphatic hydroxyl groups is 3. The Hall–Kier alpha value is -4.48. The molecule has 4 heterocycles. The quantitative estimate of drug-likeness (QED) is 0.180. The first kappa shape index (κ1) is 34.0. The Bertz CT molecular complexity index is 2200. The van der Waals surface area contributed by atoms with E-state index in [0.29, 0.717) is 47.4 Å². The third kappa shape index (κ3) is 6.33. The molecular weight excluding hydrogens is 685 g/mol. The van der Waals surface area contributed by atoms with Gasteiger partial charge >= 0.3 is 0 Å². The van der Waals surface area contributed by atoms with E-state index in [1.54, 1.807) is 13.2 Å². The summed E-state index contributed by atoms with van der Waals surface area (Å²) in [5.74, 6) is 0.757. The molecule has 1 fully saturated rings. The number of nitriles is 1. The molecule has 3 N–H and O–H groups in total. The predicted octanol–water partition coefficient (Wildman–Crippen LogP) is 4.89. The van der Waals surface area contributed by atoms with Gasteiger partial charge in [0.1, 0.15) is 22.8 Å². The summed E-state index contributed by atoms with van der Waals surface area (Å²) >= 11 is 13.7. The molecule has 2 aliphatic rings. The Morgan fingerprint density at radius 1 is 1.12 bits per heavy atom. The Morgan fingerprint density at radius 3 is 2.64 bits per heavy atom. The van der Waals surface area contributed by atoms with E-state index in [9.17, 15) is 25.4 Å². The molecule has 0 saturated carbocycles. The van der Waals surface area contributed by atoms with Crippen LogP contribution in [0.5, 0.6) is 11.8 Å². The molecule has 0 bridgehead atoms. The highest BCUT2D eigenvalue weighted by molar-refractivity contribution is 6.36. The van der Waals surface area contributed by atoms with Crippen LogP contribution in [0.25, 0.3) is 33.7 Å². The molecule has 50 heavy (non-hydrogen) atoms. The van der Waals surface area contributed by atoms with Gasteiger partial charge in [0.15, 0.2) is 11.1 Å². The third-order valence-electron chi connectivity index (χ3n) is 9.17. The monoisotopic (exact) mass is 717 g/mol. The summed E-state index contributed by atoms with van der Waals surface area (Å²) in [5.41, 5.74) is 4.30. The number of ether oxygens (including phenoxy) is 2. The van der Waals surface area contributed by atoms with E-state index >= 15 is 0 Å². The molecule has 3 aromatic heterocycles. The van der Waals surface area contributed by atoms with Crippen LogP contribution in [0.2, 0.25) is 10.0 Å². The lowest BCUT2D eigenvalue weighted by molar-refractivity contribution is 0.0805. The van der Waals surface area contributed by atoms with Gasteiger partial charge in [-0.3, -0.25) is 9.69 Å². The number of β-amino-alcohol motifs (C(OH)–C–C–N with tert-alkyl or cyclic N) is 1. The first-order valence-corrected chi connectivity index (χ1v) is 16.9. The van der Waals surface area contributed by atoms with Crippen molar-refractivity contribution in [1.82, 2.24) is 19.4 Å². The highest BCUT2D eigenvalue weighted by Crippen LogP contribution is 2.45. The van der Waals surface area contributed by atoms with Gasteiger partial charge in [-0.05, 0) is 48.1 Å². The molecular formula is C36H33Cl2N5O7. The molecule has 0 spiro atoms. The van der Waals surface area contributed by atoms with Crippen molar-refractivity contribution >= 4 is 34.3 Å². The fraction of sp³-hybridized carbons (Fsp3) is 0.333. The summed E-state index contributed by atoms with van der Waals surface area (Å²) in [6.07, 6.45) is 1.53. The van der Waals surface area contributed by atoms with E-state index in [4.69, 9.17) is 37.1 Å². The van der Waals surface area contributed by atoms with Crippen molar-refractivity contribution in [3.8, 4) is 40.4 Å². The molecule has 0 radical (unpaired) electrons. The minimum atomic E-state index is -1.19. The van der Waals surface area contributed by atoms with Gasteiger partial charge in [0, 0.05) is 37.0 Å². The number of aliphatic hydroxyl groups excluding tert-OH is 3. The number of nitrogens with zero attached hydrogens (tertiary/aromatic N) is 5. The van der Waals surface area contributed by atoms with Gasteiger partial charge < -0.3 is 33.8 Å². The van der Waals surface area contributed by atoms with Crippen LogP contribution < -0.4 is 15.0 Å². The van der Waals surface area contributed by atoms with Crippen molar-refractivity contribution in [3.05, 3.63) is 91.3 Å². The van der Waals surface area contributed by atoms with Crippen molar-refractivity contribution in [2.45, 2.75) is 50.7 Å². The summed E-state index contributed by atoms with van der Waals surface area (Å²) < 4.78 is 19.1. The average Bonchev–Trinajstić information content (AvgIpc) is 3.86. The molecule has 1 aliphatic heterocycles. The van der Waals surface area contributed by atoms with Crippen LogP contribution in [0.3, 0.4) is 0 Å². The summed E-state index contributed by atoms with van der Waals surface area (Å²) in [5, 5.41) is 39.5. The maximum absolute atomic E-state index is 13.2. The number of halogens is 2. The van der Waals surface area contributed by atoms with E-state index in [2.05, 4.69) is 14.9 Å². The zero-order chi connectivity index (χ0) is 35.1. The average molecular weight is 719 g/mol. The van der Waals surface area contributed by atoms with Crippen LogP contribution in [0.1, 0.15) is 41.2 Å². The molecule has 12 nitrogen and oxygen atoms in total. The van der Waals surface area contributed by atoms with Gasteiger partial charge in [0.05, 0.1) is 43.1 Å². The van der Waals surface area contributed by atoms with Gasteiger partial charge in [-0.15, -0.1) is 0 Å². The second-order valence-electron chi connectivity index (χ2n) is 12.5. The van der Waals surface area contributed by atoms with E-state index in [0.717, 1.165) is 45.3 Å². The van der Waals surface area contributed by atoms with Crippen molar-refractivity contribution < 1.29 is 29.2 Å². The fourth-order valence-electron chi connectivity index (χ4n) is 6.77. The van der Waals surface area contributed by atoms with Crippen LogP contribution in [0.4, 0.5) is 0 Å². The van der Waals surface area contributed by atoms with E-state index in [1.165, 1.54) is 6.20 Å². The third-order valence-corrected chi connectivity index (χ3v) is 9.84. The molecule has 2 aromatic carbocycles. The maximum Gasteiger partial charge on any atom is 0.280 e. The highest BCUT2D eigenvalue weighted by atomic mass is 35.5. The normalized spacial score (nSPS) is 17.9. The van der Waals surface area contributed by atoms with Crippen molar-refractivity contribution in [3.63, 3.8) is 0 Å². The lowest BCUT2D eigenvalue weighted by Crippen LogP contribution is -2.28. The SMILES string of the molecule is COc1nc(O[C@H]2CCc3c(-c4cccc(-c5nc6c(=O)n(CC(O)CO)cc(C#N)c6o5)c4Cl)cccc32)c(Cl)cc1CN1CC[C@@H](O)C1. The number of pyridine rings is 2. The summed E-state index contributed by atoms with van der Waals surface area (Å²) in [7, 11) is 1.56. The molecule has 258 valence electrons. The molecule has 1 unspecified atom stereocenters. The highest BCUT2D eigenvalue weighted by Gasteiger charge is 2.30. The zero-order valence-electron chi connectivity index (χ0n) is 27.0. The van der Waals surface area contributed by atoms with Gasteiger partial charge in [-0.1, -0.05) is 53.5 Å². The lowest BCUT2D eigenvalue weighted by Gasteiger charge is -2.20. The number of likely N-dealkylation sites (tertiary alicyclic amines) is 1. The molecule has 1 saturated heterocycles. The number of hydrogen-bond acceptors (Lipinski definition) is 11. The molecule has 14 heteroatoms. The number of benzene rings is 2. The number of rotatable bonds is 10. The number of aromatic nitrogens is 3. The predicted molar refractivity (Wildman–Crippen MR) is 185 cm³/mol. The molecule has 0 amide bonds. The van der Waals surface area contributed by atoms with Crippen LogP contribution in [-0.2, 0) is 19.5 Å². The summed E-state index contributed by atoms with van der Waals surface area (Å²) in [6.45, 7) is 1.16. The standard InChI is InChI=1S/C36H33Cl2N5O7/c1-48-33-19(14-42-11-10-21(45)16-42)12-28(37)35(41-33)49-29-9-8-24-23(4-2-5-25(24)29)26-6-3-7-27(30(26)38)34-40-31-32(50-34)20(13-39)15-43(36(31)47)17-22(46)18-44/h2-7,12,15,21-22,29,44-46H,8-11,14,16-18H2,1H3/t21-,22?,29+/m1/s1. The number of methoxy groups -OCH3 is 1. The minimum absolute atomic E-state index is 0.0103. The van der Waals surface area contributed by atoms with E-state index < -0.39 is 18.3 Å². The van der Waals surface area contributed by atoms with E-state index in [1.807, 2.05) is 42.5 Å². The second kappa shape index (κ2) is 14.0. The van der Waals surface area contributed by atoms with Crippen LogP contribution in [-0.4, -0.2) is 73.8 Å². The van der Waals surface area contributed by atoms with Crippen molar-refractivity contribution in [2.24, 2.45) is 0 Å². The summed E-state index contributed by atoms with van der Waals surface area (Å²) in [6, 6.07) is 15.2. The van der Waals surface area contributed by atoms with Gasteiger partial charge in [-0.25, -0.2) is 4.98 Å². The molecule has 3 atom stereocenters. The van der Waals surface area contributed by atoms with Gasteiger partial charge in [0.2, 0.25) is 17.7 Å². The Morgan fingerprint density at radius 2 is 1.90 bits per heavy atom. The Balaban J connectivity index is 1.19. The second-order valence-corrected chi connectivity index (χ2v) is 13.2. The number of fused-ring (bicyclic) bond motifs is 2. The topological polar surface area (TPSA) is 167 Å². The van der Waals surface area contributed by atoms with Crippen molar-refractivity contribution in [2.75, 3.05) is 26.8 Å². The smallest absolute Gasteiger partial charge is 0.280 e. The van der Waals surface area contributed by atoms with Crippen LogP contribution >= 0.6 is 23.2 Å². The molecule has 1 aliphatic carbocycles.